The summed E-state index contributed by atoms with van der Waals surface area (Å²) in [6, 6.07) is 0. The molecule has 0 aromatic heterocycles. The van der Waals surface area contributed by atoms with Crippen molar-refractivity contribution >= 4 is 0 Å². The lowest BCUT2D eigenvalue weighted by Crippen LogP contribution is -2.06. The van der Waals surface area contributed by atoms with Crippen LogP contribution in [0.4, 0.5) is 0 Å². The van der Waals surface area contributed by atoms with Gasteiger partial charge in [0.2, 0.25) is 0 Å². The fraction of sp³-hybridized carbons (Fsp3) is 0.692. The number of allylic oxidation sites excluding steroid dienone is 3. The Bertz CT molecular complexity index is 249. The number of hydrogen-bond acceptors (Lipinski definition) is 2. The second-order valence-electron chi connectivity index (χ2n) is 4.48. The maximum Gasteiger partial charge on any atom is 0.177 e. The molecule has 1 heterocycles. The van der Waals surface area contributed by atoms with E-state index in [1.807, 2.05) is 6.92 Å². The van der Waals surface area contributed by atoms with Crippen molar-refractivity contribution in [3.63, 3.8) is 0 Å². The molecule has 2 heteroatoms. The Labute approximate surface area is 93.0 Å². The standard InChI is InChI=1S/C13H22O2/c1-10(2)6-5-7-11(3)8-13-14-9-12(4)15-13/h6,8,12-13H,5,7,9H2,1-4H3/b11-8+. The van der Waals surface area contributed by atoms with Crippen LogP contribution < -0.4 is 0 Å². The molecule has 0 aliphatic carbocycles. The van der Waals surface area contributed by atoms with Crippen LogP contribution in [0.1, 0.15) is 40.5 Å². The molecule has 86 valence electrons. The van der Waals surface area contributed by atoms with Crippen LogP contribution in [0.15, 0.2) is 23.3 Å². The Hall–Kier alpha value is -0.600. The van der Waals surface area contributed by atoms with Gasteiger partial charge in [0.05, 0.1) is 12.7 Å². The Morgan fingerprint density at radius 1 is 1.33 bits per heavy atom. The van der Waals surface area contributed by atoms with Crippen molar-refractivity contribution < 1.29 is 9.47 Å². The maximum absolute atomic E-state index is 5.55. The van der Waals surface area contributed by atoms with Crippen molar-refractivity contribution in [2.24, 2.45) is 0 Å². The van der Waals surface area contributed by atoms with Crippen LogP contribution in [-0.2, 0) is 9.47 Å². The first-order chi connectivity index (χ1) is 7.08. The molecule has 0 bridgehead atoms. The van der Waals surface area contributed by atoms with Gasteiger partial charge in [-0.25, -0.2) is 0 Å². The molecule has 2 nitrogen and oxygen atoms in total. The highest BCUT2D eigenvalue weighted by Gasteiger charge is 2.19. The highest BCUT2D eigenvalue weighted by atomic mass is 16.7. The summed E-state index contributed by atoms with van der Waals surface area (Å²) < 4.78 is 11.0. The average Bonchev–Trinajstić information content (AvgIpc) is 2.50. The average molecular weight is 210 g/mol. The fourth-order valence-electron chi connectivity index (χ4n) is 1.53. The van der Waals surface area contributed by atoms with Gasteiger partial charge in [0.15, 0.2) is 6.29 Å². The molecule has 0 saturated carbocycles. The third kappa shape index (κ3) is 5.14. The molecule has 2 unspecified atom stereocenters. The summed E-state index contributed by atoms with van der Waals surface area (Å²) in [5.74, 6) is 0. The molecular formula is C13H22O2. The van der Waals surface area contributed by atoms with Crippen molar-refractivity contribution in [1.29, 1.82) is 0 Å². The van der Waals surface area contributed by atoms with E-state index >= 15 is 0 Å². The number of rotatable bonds is 4. The van der Waals surface area contributed by atoms with E-state index in [0.29, 0.717) is 6.61 Å². The SMILES string of the molecule is CC(C)=CCC/C(C)=C/C1OCC(C)O1. The first-order valence-corrected chi connectivity index (χ1v) is 5.65. The van der Waals surface area contributed by atoms with Crippen molar-refractivity contribution in [3.8, 4) is 0 Å². The lowest BCUT2D eigenvalue weighted by molar-refractivity contribution is -0.0167. The monoisotopic (exact) mass is 210 g/mol. The fourth-order valence-corrected chi connectivity index (χ4v) is 1.53. The molecule has 0 aromatic carbocycles. The van der Waals surface area contributed by atoms with Crippen LogP contribution in [0.2, 0.25) is 0 Å². The summed E-state index contributed by atoms with van der Waals surface area (Å²) in [5, 5.41) is 0. The van der Waals surface area contributed by atoms with Gasteiger partial charge >= 0.3 is 0 Å². The molecule has 1 aliphatic rings. The van der Waals surface area contributed by atoms with E-state index in [1.54, 1.807) is 0 Å². The maximum atomic E-state index is 5.55. The van der Waals surface area contributed by atoms with Crippen LogP contribution in [0, 0.1) is 0 Å². The first kappa shape index (κ1) is 12.5. The van der Waals surface area contributed by atoms with E-state index in [2.05, 4.69) is 32.9 Å². The first-order valence-electron chi connectivity index (χ1n) is 5.65. The Kier molecular flexibility index (Phi) is 5.06. The molecule has 0 spiro atoms. The van der Waals surface area contributed by atoms with E-state index in [1.165, 1.54) is 11.1 Å². The molecule has 1 fully saturated rings. The summed E-state index contributed by atoms with van der Waals surface area (Å²) in [6.45, 7) is 9.14. The molecule has 0 aromatic rings. The molecule has 1 aliphatic heterocycles. The van der Waals surface area contributed by atoms with Crippen LogP contribution >= 0.6 is 0 Å². The molecule has 0 N–H and O–H groups in total. The Morgan fingerprint density at radius 2 is 2.07 bits per heavy atom. The summed E-state index contributed by atoms with van der Waals surface area (Å²) in [7, 11) is 0. The van der Waals surface area contributed by atoms with Crippen LogP contribution in [0.3, 0.4) is 0 Å². The quantitative estimate of drug-likeness (QED) is 0.662. The molecule has 1 saturated heterocycles. The number of ether oxygens (including phenoxy) is 2. The van der Waals surface area contributed by atoms with Crippen molar-refractivity contribution in [1.82, 2.24) is 0 Å². The zero-order valence-corrected chi connectivity index (χ0v) is 10.2. The van der Waals surface area contributed by atoms with Crippen LogP contribution in [0.5, 0.6) is 0 Å². The lowest BCUT2D eigenvalue weighted by Gasteiger charge is -2.06. The summed E-state index contributed by atoms with van der Waals surface area (Å²) in [5.41, 5.74) is 2.72. The van der Waals surface area contributed by atoms with Gasteiger partial charge < -0.3 is 9.47 Å². The van der Waals surface area contributed by atoms with E-state index in [0.717, 1.165) is 12.8 Å². The molecule has 0 radical (unpaired) electrons. The summed E-state index contributed by atoms with van der Waals surface area (Å²) >= 11 is 0. The van der Waals surface area contributed by atoms with Gasteiger partial charge in [-0.05, 0) is 46.6 Å². The third-order valence-electron chi connectivity index (χ3n) is 2.37. The zero-order chi connectivity index (χ0) is 11.3. The minimum atomic E-state index is -0.119. The summed E-state index contributed by atoms with van der Waals surface area (Å²) in [6.07, 6.45) is 6.65. The largest absolute Gasteiger partial charge is 0.346 e. The second kappa shape index (κ2) is 6.09. The normalized spacial score (nSPS) is 26.8. The van der Waals surface area contributed by atoms with Gasteiger partial charge in [0.25, 0.3) is 0 Å². The Balaban J connectivity index is 2.30. The van der Waals surface area contributed by atoms with Crippen molar-refractivity contribution in [3.05, 3.63) is 23.3 Å². The lowest BCUT2D eigenvalue weighted by atomic mass is 10.1. The van der Waals surface area contributed by atoms with E-state index < -0.39 is 0 Å². The van der Waals surface area contributed by atoms with Gasteiger partial charge in [-0.1, -0.05) is 17.2 Å². The highest BCUT2D eigenvalue weighted by molar-refractivity contribution is 5.04. The predicted molar refractivity (Wildman–Crippen MR) is 62.7 cm³/mol. The number of hydrogen-bond donors (Lipinski definition) is 0. The minimum Gasteiger partial charge on any atom is -0.346 e. The molecule has 1 rings (SSSR count). The smallest absolute Gasteiger partial charge is 0.177 e. The van der Waals surface area contributed by atoms with E-state index in [4.69, 9.17) is 9.47 Å². The Morgan fingerprint density at radius 3 is 2.60 bits per heavy atom. The van der Waals surface area contributed by atoms with Crippen molar-refractivity contribution in [2.75, 3.05) is 6.61 Å². The van der Waals surface area contributed by atoms with Crippen LogP contribution in [-0.4, -0.2) is 19.0 Å². The second-order valence-corrected chi connectivity index (χ2v) is 4.48. The van der Waals surface area contributed by atoms with Gasteiger partial charge in [0.1, 0.15) is 0 Å². The van der Waals surface area contributed by atoms with E-state index in [9.17, 15) is 0 Å². The zero-order valence-electron chi connectivity index (χ0n) is 10.2. The molecular weight excluding hydrogens is 188 g/mol. The van der Waals surface area contributed by atoms with Gasteiger partial charge in [-0.15, -0.1) is 0 Å². The topological polar surface area (TPSA) is 18.5 Å². The van der Waals surface area contributed by atoms with Gasteiger partial charge in [-0.3, -0.25) is 0 Å². The molecule has 0 amide bonds. The van der Waals surface area contributed by atoms with Crippen molar-refractivity contribution in [2.45, 2.75) is 52.9 Å². The predicted octanol–water partition coefficient (Wildman–Crippen LogP) is 3.44. The highest BCUT2D eigenvalue weighted by Crippen LogP contribution is 2.15. The van der Waals surface area contributed by atoms with Gasteiger partial charge in [0, 0.05) is 0 Å². The van der Waals surface area contributed by atoms with Crippen LogP contribution in [0.25, 0.3) is 0 Å². The molecule has 15 heavy (non-hydrogen) atoms. The summed E-state index contributed by atoms with van der Waals surface area (Å²) in [4.78, 5) is 0. The minimum absolute atomic E-state index is 0.119. The third-order valence-corrected chi connectivity index (χ3v) is 2.37. The van der Waals surface area contributed by atoms with E-state index in [-0.39, 0.29) is 12.4 Å². The molecule has 2 atom stereocenters. The van der Waals surface area contributed by atoms with Gasteiger partial charge in [-0.2, -0.15) is 0 Å².